The van der Waals surface area contributed by atoms with Crippen LogP contribution in [-0.2, 0) is 0 Å². The van der Waals surface area contributed by atoms with Gasteiger partial charge < -0.3 is 5.21 Å². The zero-order chi connectivity index (χ0) is 9.42. The van der Waals surface area contributed by atoms with E-state index in [1.807, 2.05) is 0 Å². The molecule has 1 heterocycles. The molecule has 5 nitrogen and oxygen atoms in total. The van der Waals surface area contributed by atoms with Gasteiger partial charge in [0.1, 0.15) is 0 Å². The molecule has 0 amide bonds. The van der Waals surface area contributed by atoms with Crippen molar-refractivity contribution in [2.24, 2.45) is 0 Å². The van der Waals surface area contributed by atoms with Crippen molar-refractivity contribution >= 4 is 16.6 Å². The average molecular weight is 178 g/mol. The Hall–Kier alpha value is -2.04. The van der Waals surface area contributed by atoms with Crippen LogP contribution >= 0.6 is 0 Å². The molecule has 13 heavy (non-hydrogen) atoms. The SMILES string of the molecule is O=[N+]([O-])c1ccc2c(ccn2O)c1. The molecule has 0 fully saturated rings. The monoisotopic (exact) mass is 178 g/mol. The summed E-state index contributed by atoms with van der Waals surface area (Å²) in [7, 11) is 0. The molecule has 0 radical (unpaired) electrons. The molecule has 0 unspecified atom stereocenters. The number of hydrogen-bond acceptors (Lipinski definition) is 3. The van der Waals surface area contributed by atoms with Crippen LogP contribution in [0.1, 0.15) is 0 Å². The fraction of sp³-hybridized carbons (Fsp3) is 0. The van der Waals surface area contributed by atoms with Crippen molar-refractivity contribution in [2.45, 2.75) is 0 Å². The van der Waals surface area contributed by atoms with Gasteiger partial charge in [-0.25, -0.2) is 0 Å². The molecule has 1 N–H and O–H groups in total. The van der Waals surface area contributed by atoms with Crippen LogP contribution in [0.2, 0.25) is 0 Å². The predicted octanol–water partition coefficient (Wildman–Crippen LogP) is 1.79. The normalized spacial score (nSPS) is 10.5. The Morgan fingerprint density at radius 1 is 1.38 bits per heavy atom. The third-order valence-corrected chi connectivity index (χ3v) is 1.86. The predicted molar refractivity (Wildman–Crippen MR) is 45.8 cm³/mol. The Morgan fingerprint density at radius 3 is 2.85 bits per heavy atom. The number of non-ortho nitro benzene ring substituents is 1. The molecule has 0 bridgehead atoms. The van der Waals surface area contributed by atoms with Gasteiger partial charge in [-0.05, 0) is 12.1 Å². The topological polar surface area (TPSA) is 68.3 Å². The quantitative estimate of drug-likeness (QED) is 0.411. The Kier molecular flexibility index (Phi) is 1.45. The Morgan fingerprint density at radius 2 is 2.15 bits per heavy atom. The van der Waals surface area contributed by atoms with Crippen molar-refractivity contribution in [3.8, 4) is 0 Å². The van der Waals surface area contributed by atoms with Crippen LogP contribution in [0.4, 0.5) is 5.69 Å². The third kappa shape index (κ3) is 1.10. The van der Waals surface area contributed by atoms with Gasteiger partial charge in [-0.15, -0.1) is 0 Å². The van der Waals surface area contributed by atoms with Crippen LogP contribution in [0.25, 0.3) is 10.9 Å². The second-order valence-electron chi connectivity index (χ2n) is 2.66. The lowest BCUT2D eigenvalue weighted by Gasteiger charge is -1.94. The molecule has 1 aromatic heterocycles. The van der Waals surface area contributed by atoms with Crippen molar-refractivity contribution in [2.75, 3.05) is 0 Å². The molecule has 0 aliphatic carbocycles. The highest BCUT2D eigenvalue weighted by Crippen LogP contribution is 2.20. The third-order valence-electron chi connectivity index (χ3n) is 1.86. The molecule has 5 heteroatoms. The van der Waals surface area contributed by atoms with Crippen molar-refractivity contribution in [1.82, 2.24) is 4.73 Å². The van der Waals surface area contributed by atoms with Crippen LogP contribution in [0, 0.1) is 10.1 Å². The van der Waals surface area contributed by atoms with E-state index in [1.165, 1.54) is 24.4 Å². The first-order chi connectivity index (χ1) is 6.18. The van der Waals surface area contributed by atoms with Crippen LogP contribution in [0.5, 0.6) is 0 Å². The zero-order valence-electron chi connectivity index (χ0n) is 6.54. The van der Waals surface area contributed by atoms with Crippen LogP contribution in [0.3, 0.4) is 0 Å². The first-order valence-corrected chi connectivity index (χ1v) is 3.63. The van der Waals surface area contributed by atoms with Crippen molar-refractivity contribution in [3.05, 3.63) is 40.6 Å². The summed E-state index contributed by atoms with van der Waals surface area (Å²) in [5, 5.41) is 20.2. The Labute approximate surface area is 72.9 Å². The molecule has 0 saturated carbocycles. The molecular weight excluding hydrogens is 172 g/mol. The summed E-state index contributed by atoms with van der Waals surface area (Å²) in [5.41, 5.74) is 0.587. The lowest BCUT2D eigenvalue weighted by molar-refractivity contribution is -0.384. The number of hydrogen-bond donors (Lipinski definition) is 1. The lowest BCUT2D eigenvalue weighted by Crippen LogP contribution is -1.88. The Bertz CT molecular complexity index is 475. The van der Waals surface area contributed by atoms with E-state index in [-0.39, 0.29) is 5.69 Å². The number of benzene rings is 1. The second kappa shape index (κ2) is 2.48. The van der Waals surface area contributed by atoms with E-state index in [1.54, 1.807) is 6.07 Å². The summed E-state index contributed by atoms with van der Waals surface area (Å²) in [6.45, 7) is 0. The molecule has 0 aliphatic heterocycles. The van der Waals surface area contributed by atoms with E-state index in [4.69, 9.17) is 0 Å². The molecular formula is C8H6N2O3. The highest BCUT2D eigenvalue weighted by atomic mass is 16.6. The summed E-state index contributed by atoms with van der Waals surface area (Å²) in [4.78, 5) is 9.92. The summed E-state index contributed by atoms with van der Waals surface area (Å²) >= 11 is 0. The second-order valence-corrected chi connectivity index (χ2v) is 2.66. The number of aromatic nitrogens is 1. The van der Waals surface area contributed by atoms with Crippen LogP contribution in [-0.4, -0.2) is 14.9 Å². The first-order valence-electron chi connectivity index (χ1n) is 3.63. The van der Waals surface area contributed by atoms with E-state index < -0.39 is 4.92 Å². The minimum atomic E-state index is -0.464. The maximum Gasteiger partial charge on any atom is 0.270 e. The van der Waals surface area contributed by atoms with E-state index in [0.29, 0.717) is 10.9 Å². The van der Waals surface area contributed by atoms with Gasteiger partial charge in [0.05, 0.1) is 10.4 Å². The fourth-order valence-electron chi connectivity index (χ4n) is 1.23. The molecule has 0 spiro atoms. The number of nitro benzene ring substituents is 1. The van der Waals surface area contributed by atoms with Gasteiger partial charge in [0.25, 0.3) is 5.69 Å². The number of rotatable bonds is 1. The first kappa shape index (κ1) is 7.60. The summed E-state index contributed by atoms with van der Waals surface area (Å²) < 4.78 is 0.930. The molecule has 1 aromatic carbocycles. The van der Waals surface area contributed by atoms with Crippen molar-refractivity contribution < 1.29 is 10.1 Å². The van der Waals surface area contributed by atoms with Crippen LogP contribution < -0.4 is 0 Å². The van der Waals surface area contributed by atoms with Crippen molar-refractivity contribution in [1.29, 1.82) is 0 Å². The van der Waals surface area contributed by atoms with E-state index in [9.17, 15) is 15.3 Å². The van der Waals surface area contributed by atoms with E-state index >= 15 is 0 Å². The molecule has 66 valence electrons. The summed E-state index contributed by atoms with van der Waals surface area (Å²) in [6, 6.07) is 5.90. The minimum Gasteiger partial charge on any atom is -0.428 e. The number of nitrogens with zero attached hydrogens (tertiary/aromatic N) is 2. The molecule has 2 rings (SSSR count). The maximum absolute atomic E-state index is 10.4. The summed E-state index contributed by atoms with van der Waals surface area (Å²) in [5.74, 6) is 0. The van der Waals surface area contributed by atoms with Crippen molar-refractivity contribution in [3.63, 3.8) is 0 Å². The van der Waals surface area contributed by atoms with Crippen LogP contribution in [0.15, 0.2) is 30.5 Å². The highest BCUT2D eigenvalue weighted by Gasteiger charge is 2.07. The van der Waals surface area contributed by atoms with E-state index in [0.717, 1.165) is 4.73 Å². The minimum absolute atomic E-state index is 0.0266. The van der Waals surface area contributed by atoms with Gasteiger partial charge in [0.15, 0.2) is 0 Å². The standard InChI is InChI=1S/C8H6N2O3/c11-9-4-3-6-5-7(10(12)13)1-2-8(6)9/h1-5,11H. The molecule has 0 aliphatic rings. The molecule has 0 atom stereocenters. The molecule has 0 saturated heterocycles. The average Bonchev–Trinajstić information content (AvgIpc) is 2.47. The van der Waals surface area contributed by atoms with Gasteiger partial charge in [-0.1, -0.05) is 0 Å². The van der Waals surface area contributed by atoms with Gasteiger partial charge in [-0.2, -0.15) is 4.73 Å². The number of fused-ring (bicyclic) bond motifs is 1. The van der Waals surface area contributed by atoms with Gasteiger partial charge in [0, 0.05) is 23.7 Å². The highest BCUT2D eigenvalue weighted by molar-refractivity contribution is 5.82. The lowest BCUT2D eigenvalue weighted by atomic mass is 10.2. The maximum atomic E-state index is 10.4. The zero-order valence-corrected chi connectivity index (χ0v) is 6.54. The Balaban J connectivity index is 2.70. The van der Waals surface area contributed by atoms with Gasteiger partial charge in [-0.3, -0.25) is 10.1 Å². The smallest absolute Gasteiger partial charge is 0.270 e. The summed E-state index contributed by atoms with van der Waals surface area (Å²) in [6.07, 6.45) is 1.44. The largest absolute Gasteiger partial charge is 0.428 e. The van der Waals surface area contributed by atoms with Gasteiger partial charge in [0.2, 0.25) is 0 Å². The fourth-order valence-corrected chi connectivity index (χ4v) is 1.23. The molecule has 2 aromatic rings. The van der Waals surface area contributed by atoms with Gasteiger partial charge >= 0.3 is 0 Å². The number of nitro groups is 1. The van der Waals surface area contributed by atoms with E-state index in [2.05, 4.69) is 0 Å².